The van der Waals surface area contributed by atoms with Crippen molar-refractivity contribution >= 4 is 17.4 Å². The zero-order valence-corrected chi connectivity index (χ0v) is 16.7. The van der Waals surface area contributed by atoms with Crippen LogP contribution in [0, 0.1) is 18.6 Å². The van der Waals surface area contributed by atoms with Gasteiger partial charge >= 0.3 is 6.03 Å². The summed E-state index contributed by atoms with van der Waals surface area (Å²) < 4.78 is 27.0. The third-order valence-electron chi connectivity index (χ3n) is 5.53. The van der Waals surface area contributed by atoms with Crippen molar-refractivity contribution in [2.45, 2.75) is 32.0 Å². The summed E-state index contributed by atoms with van der Waals surface area (Å²) in [7, 11) is 0. The van der Waals surface area contributed by atoms with Crippen LogP contribution in [0.3, 0.4) is 0 Å². The average Bonchev–Trinajstić information content (AvgIpc) is 2.97. The lowest BCUT2D eigenvalue weighted by atomic mass is 9.91. The van der Waals surface area contributed by atoms with Crippen LogP contribution in [0.2, 0.25) is 0 Å². The second kappa shape index (κ2) is 7.54. The highest BCUT2D eigenvalue weighted by Crippen LogP contribution is 2.45. The van der Waals surface area contributed by atoms with Crippen molar-refractivity contribution in [1.29, 1.82) is 0 Å². The number of rotatable bonds is 4. The van der Waals surface area contributed by atoms with Gasteiger partial charge in [-0.2, -0.15) is 0 Å². The number of amides is 2. The maximum absolute atomic E-state index is 13.6. The lowest BCUT2D eigenvalue weighted by Crippen LogP contribution is -2.49. The van der Waals surface area contributed by atoms with Gasteiger partial charge < -0.3 is 5.11 Å². The van der Waals surface area contributed by atoms with Crippen molar-refractivity contribution in [3.05, 3.63) is 95.6 Å². The van der Waals surface area contributed by atoms with Crippen molar-refractivity contribution in [2.75, 3.05) is 9.80 Å². The van der Waals surface area contributed by atoms with Gasteiger partial charge in [-0.05, 0) is 61.9 Å². The number of aliphatic hydroxyl groups is 1. The Balaban J connectivity index is 1.94. The number of halogens is 2. The van der Waals surface area contributed by atoms with Gasteiger partial charge in [-0.3, -0.25) is 9.80 Å². The first-order chi connectivity index (χ1) is 14.4. The normalized spacial score (nSPS) is 21.4. The summed E-state index contributed by atoms with van der Waals surface area (Å²) in [6, 6.07) is 17.2. The Bertz CT molecular complexity index is 1070. The zero-order valence-electron chi connectivity index (χ0n) is 16.7. The molecule has 154 valence electrons. The Morgan fingerprint density at radius 2 is 1.50 bits per heavy atom. The fourth-order valence-corrected chi connectivity index (χ4v) is 4.17. The fourth-order valence-electron chi connectivity index (χ4n) is 4.17. The van der Waals surface area contributed by atoms with Crippen LogP contribution in [0.15, 0.2) is 72.8 Å². The lowest BCUT2D eigenvalue weighted by molar-refractivity contribution is 0.0306. The molecule has 4 nitrogen and oxygen atoms in total. The Morgan fingerprint density at radius 1 is 0.933 bits per heavy atom. The SMILES string of the molecule is CC[C@H]1N(c2ccc(F)cc2)C(=O)N(c2ccc(F)cc2)C1(O)c1cccc(C)c1. The molecule has 0 spiro atoms. The van der Waals surface area contributed by atoms with Gasteiger partial charge in [-0.1, -0.05) is 36.8 Å². The quantitative estimate of drug-likeness (QED) is 0.633. The molecule has 0 aliphatic carbocycles. The van der Waals surface area contributed by atoms with E-state index in [9.17, 15) is 18.7 Å². The van der Waals surface area contributed by atoms with Gasteiger partial charge in [-0.25, -0.2) is 13.6 Å². The average molecular weight is 408 g/mol. The molecule has 0 saturated carbocycles. The van der Waals surface area contributed by atoms with Gasteiger partial charge in [0.15, 0.2) is 5.72 Å². The van der Waals surface area contributed by atoms with Gasteiger partial charge in [0.05, 0.1) is 6.04 Å². The van der Waals surface area contributed by atoms with E-state index in [2.05, 4.69) is 0 Å². The van der Waals surface area contributed by atoms with Crippen LogP contribution in [0.25, 0.3) is 0 Å². The summed E-state index contributed by atoms with van der Waals surface area (Å²) in [6.07, 6.45) is 0.436. The molecule has 1 aliphatic rings. The Hall–Kier alpha value is -3.25. The minimum atomic E-state index is -1.70. The van der Waals surface area contributed by atoms with Crippen LogP contribution in [-0.2, 0) is 5.72 Å². The van der Waals surface area contributed by atoms with E-state index in [1.807, 2.05) is 32.0 Å². The van der Waals surface area contributed by atoms with Crippen LogP contribution in [0.5, 0.6) is 0 Å². The van der Waals surface area contributed by atoms with E-state index in [4.69, 9.17) is 0 Å². The number of aryl methyl sites for hydroxylation is 1. The molecule has 4 rings (SSSR count). The summed E-state index contributed by atoms with van der Waals surface area (Å²) in [5.74, 6) is -0.852. The smallest absolute Gasteiger partial charge is 0.332 e. The number of carbonyl (C=O) groups excluding carboxylic acids is 1. The number of benzene rings is 3. The third kappa shape index (κ3) is 3.13. The lowest BCUT2D eigenvalue weighted by Gasteiger charge is -2.37. The standard InChI is InChI=1S/C24H22F2N2O2/c1-3-22-24(30,17-6-4-5-16(2)15-17)28(21-13-9-19(26)10-14-21)23(29)27(22)20-11-7-18(25)8-12-20/h4-15,22,30H,3H2,1-2H3/t22-,24?/m1/s1. The van der Waals surface area contributed by atoms with Crippen LogP contribution in [-0.4, -0.2) is 17.2 Å². The molecule has 2 atom stereocenters. The molecule has 1 saturated heterocycles. The molecular formula is C24H22F2N2O2. The summed E-state index contributed by atoms with van der Waals surface area (Å²) in [6.45, 7) is 3.79. The molecular weight excluding hydrogens is 386 g/mol. The summed E-state index contributed by atoms with van der Waals surface area (Å²) in [5.41, 5.74) is 0.626. The molecule has 1 N–H and O–H groups in total. The van der Waals surface area contributed by atoms with E-state index in [1.165, 1.54) is 58.3 Å². The van der Waals surface area contributed by atoms with Crippen molar-refractivity contribution in [1.82, 2.24) is 0 Å². The molecule has 1 fully saturated rings. The van der Waals surface area contributed by atoms with E-state index in [0.29, 0.717) is 23.4 Å². The molecule has 0 bridgehead atoms. The van der Waals surface area contributed by atoms with Crippen LogP contribution >= 0.6 is 0 Å². The second-order valence-corrected chi connectivity index (χ2v) is 7.46. The fraction of sp³-hybridized carbons (Fsp3) is 0.208. The monoisotopic (exact) mass is 408 g/mol. The molecule has 3 aromatic rings. The number of nitrogens with zero attached hydrogens (tertiary/aromatic N) is 2. The molecule has 6 heteroatoms. The van der Waals surface area contributed by atoms with Gasteiger partial charge in [-0.15, -0.1) is 0 Å². The first-order valence-corrected chi connectivity index (χ1v) is 9.80. The van der Waals surface area contributed by atoms with Crippen molar-refractivity contribution < 1.29 is 18.7 Å². The molecule has 3 aromatic carbocycles. The van der Waals surface area contributed by atoms with E-state index >= 15 is 0 Å². The van der Waals surface area contributed by atoms with Gasteiger partial charge in [0.25, 0.3) is 0 Å². The highest BCUT2D eigenvalue weighted by atomic mass is 19.1. The molecule has 30 heavy (non-hydrogen) atoms. The predicted molar refractivity (Wildman–Crippen MR) is 112 cm³/mol. The van der Waals surface area contributed by atoms with E-state index in [-0.39, 0.29) is 0 Å². The zero-order chi connectivity index (χ0) is 21.5. The minimum Gasteiger partial charge on any atom is -0.365 e. The minimum absolute atomic E-state index is 0.369. The second-order valence-electron chi connectivity index (χ2n) is 7.46. The van der Waals surface area contributed by atoms with Crippen molar-refractivity contribution in [3.63, 3.8) is 0 Å². The first-order valence-electron chi connectivity index (χ1n) is 9.80. The number of hydrogen-bond acceptors (Lipinski definition) is 2. The number of carbonyl (C=O) groups is 1. The molecule has 1 unspecified atom stereocenters. The maximum atomic E-state index is 13.6. The van der Waals surface area contributed by atoms with Crippen LogP contribution < -0.4 is 9.80 Å². The topological polar surface area (TPSA) is 43.8 Å². The predicted octanol–water partition coefficient (Wildman–Crippen LogP) is 5.34. The highest BCUT2D eigenvalue weighted by Gasteiger charge is 2.58. The van der Waals surface area contributed by atoms with Crippen LogP contribution in [0.1, 0.15) is 24.5 Å². The molecule has 1 heterocycles. The summed E-state index contributed by atoms with van der Waals surface area (Å²) in [4.78, 5) is 16.4. The largest absolute Gasteiger partial charge is 0.365 e. The van der Waals surface area contributed by atoms with Crippen molar-refractivity contribution in [3.8, 4) is 0 Å². The maximum Gasteiger partial charge on any atom is 0.332 e. The molecule has 2 amide bonds. The summed E-state index contributed by atoms with van der Waals surface area (Å²) in [5, 5.41) is 12.1. The molecule has 1 aliphatic heterocycles. The Labute approximate surface area is 174 Å². The van der Waals surface area contributed by atoms with Crippen molar-refractivity contribution in [2.24, 2.45) is 0 Å². The van der Waals surface area contributed by atoms with Gasteiger partial charge in [0.1, 0.15) is 11.6 Å². The summed E-state index contributed by atoms with van der Waals surface area (Å²) >= 11 is 0. The third-order valence-corrected chi connectivity index (χ3v) is 5.53. The van der Waals surface area contributed by atoms with Gasteiger partial charge in [0, 0.05) is 16.9 Å². The number of hydrogen-bond donors (Lipinski definition) is 1. The number of urea groups is 1. The first kappa shape index (κ1) is 20.0. The molecule has 0 radical (unpaired) electrons. The molecule has 0 aromatic heterocycles. The highest BCUT2D eigenvalue weighted by molar-refractivity contribution is 6.08. The van der Waals surface area contributed by atoms with Crippen LogP contribution in [0.4, 0.5) is 25.0 Å². The Kier molecular flexibility index (Phi) is 5.03. The van der Waals surface area contributed by atoms with E-state index < -0.39 is 29.4 Å². The van der Waals surface area contributed by atoms with Gasteiger partial charge in [0.2, 0.25) is 0 Å². The van der Waals surface area contributed by atoms with E-state index in [0.717, 1.165) is 5.56 Å². The Morgan fingerprint density at radius 3 is 2.03 bits per heavy atom. The van der Waals surface area contributed by atoms with E-state index in [1.54, 1.807) is 6.07 Å². The number of anilines is 2.